The Balaban J connectivity index is 1.57. The Kier molecular flexibility index (Phi) is 5.12. The molecule has 2 aromatic carbocycles. The van der Waals surface area contributed by atoms with Gasteiger partial charge in [0.05, 0.1) is 0 Å². The molecular weight excluding hydrogens is 400 g/mol. The number of nitrogens with zero attached hydrogens (tertiary/aromatic N) is 2. The van der Waals surface area contributed by atoms with Gasteiger partial charge in [0, 0.05) is 22.7 Å². The summed E-state index contributed by atoms with van der Waals surface area (Å²) in [7, 11) is -3.74. The van der Waals surface area contributed by atoms with Crippen LogP contribution in [0.2, 0.25) is 5.02 Å². The normalized spacial score (nSPS) is 20.4. The van der Waals surface area contributed by atoms with E-state index in [1.165, 1.54) is 6.07 Å². The van der Waals surface area contributed by atoms with Crippen molar-refractivity contribution in [3.63, 3.8) is 0 Å². The first-order valence-corrected chi connectivity index (χ1v) is 10.9. The number of hydrogen-bond donors (Lipinski definition) is 0. The zero-order chi connectivity index (χ0) is 19.7. The molecule has 1 fully saturated rings. The molecule has 0 spiro atoms. The van der Waals surface area contributed by atoms with E-state index >= 15 is 0 Å². The van der Waals surface area contributed by atoms with Gasteiger partial charge in [-0.1, -0.05) is 41.9 Å². The molecular formula is C20H19ClN2O4S. The van der Waals surface area contributed by atoms with Crippen molar-refractivity contribution >= 4 is 33.4 Å². The van der Waals surface area contributed by atoms with Crippen molar-refractivity contribution in [3.8, 4) is 0 Å². The van der Waals surface area contributed by atoms with Gasteiger partial charge in [-0.2, -0.15) is 8.42 Å². The van der Waals surface area contributed by atoms with E-state index in [4.69, 9.17) is 16.3 Å². The monoisotopic (exact) mass is 418 g/mol. The Morgan fingerprint density at radius 1 is 1.14 bits per heavy atom. The lowest BCUT2D eigenvalue weighted by molar-refractivity contribution is -0.150. The summed E-state index contributed by atoms with van der Waals surface area (Å²) in [5.41, 5.74) is 1.26. The molecule has 0 N–H and O–H groups in total. The summed E-state index contributed by atoms with van der Waals surface area (Å²) in [5, 5.41) is 0.538. The van der Waals surface area contributed by atoms with Gasteiger partial charge in [0.1, 0.15) is 17.5 Å². The van der Waals surface area contributed by atoms with Crippen LogP contribution in [-0.4, -0.2) is 37.7 Å². The van der Waals surface area contributed by atoms with Gasteiger partial charge in [-0.3, -0.25) is 0 Å². The second kappa shape index (κ2) is 7.56. The zero-order valence-corrected chi connectivity index (χ0v) is 16.6. The van der Waals surface area contributed by atoms with Crippen molar-refractivity contribution in [2.45, 2.75) is 36.8 Å². The van der Waals surface area contributed by atoms with Gasteiger partial charge in [0.25, 0.3) is 10.0 Å². The van der Waals surface area contributed by atoms with E-state index < -0.39 is 22.0 Å². The maximum Gasteiger partial charge on any atom is 0.329 e. The Morgan fingerprint density at radius 2 is 1.89 bits per heavy atom. The fourth-order valence-electron chi connectivity index (χ4n) is 3.59. The molecule has 6 nitrogen and oxygen atoms in total. The number of ether oxygens (including phenoxy) is 1. The Morgan fingerprint density at radius 3 is 2.71 bits per heavy atom. The summed E-state index contributed by atoms with van der Waals surface area (Å²) in [6, 6.07) is 13.3. The third-order valence-electron chi connectivity index (χ3n) is 4.99. The first-order chi connectivity index (χ1) is 13.5. The number of sulfonamides is 1. The SMILES string of the molecule is O=C(OCc1ccccc1Cl)[C@@H]1CCCCN1C1=NS(=O)(=O)c2ccccc21. The third-order valence-corrected chi connectivity index (χ3v) is 6.68. The van der Waals surface area contributed by atoms with Crippen LogP contribution in [0.15, 0.2) is 57.8 Å². The van der Waals surface area contributed by atoms with Gasteiger partial charge in [-0.25, -0.2) is 4.79 Å². The number of benzene rings is 2. The predicted octanol–water partition coefficient (Wildman–Crippen LogP) is 3.39. The average molecular weight is 419 g/mol. The highest BCUT2D eigenvalue weighted by molar-refractivity contribution is 7.90. The van der Waals surface area contributed by atoms with Crippen LogP contribution in [0.5, 0.6) is 0 Å². The molecule has 0 aliphatic carbocycles. The van der Waals surface area contributed by atoms with Crippen molar-refractivity contribution in [1.29, 1.82) is 0 Å². The zero-order valence-electron chi connectivity index (χ0n) is 15.0. The quantitative estimate of drug-likeness (QED) is 0.714. The standard InChI is InChI=1S/C20H19ClN2O4S/c21-16-9-3-1-7-14(16)13-27-20(24)17-10-5-6-12-23(17)19-15-8-2-4-11-18(15)28(25,26)22-19/h1-4,7-9,11,17H,5-6,10,12-13H2/t17-/m0/s1. The second-order valence-corrected chi connectivity index (χ2v) is 8.77. The smallest absolute Gasteiger partial charge is 0.329 e. The predicted molar refractivity (Wildman–Crippen MR) is 106 cm³/mol. The molecule has 2 aromatic rings. The molecule has 0 amide bonds. The van der Waals surface area contributed by atoms with Crippen LogP contribution in [0.4, 0.5) is 0 Å². The molecule has 2 aliphatic rings. The van der Waals surface area contributed by atoms with Crippen LogP contribution in [0.25, 0.3) is 0 Å². The van der Waals surface area contributed by atoms with Gasteiger partial charge >= 0.3 is 5.97 Å². The van der Waals surface area contributed by atoms with E-state index in [0.29, 0.717) is 29.4 Å². The molecule has 8 heteroatoms. The molecule has 0 aromatic heterocycles. The van der Waals surface area contributed by atoms with E-state index in [0.717, 1.165) is 18.4 Å². The number of carbonyl (C=O) groups excluding carboxylic acids is 1. The molecule has 28 heavy (non-hydrogen) atoms. The number of halogens is 1. The van der Waals surface area contributed by atoms with Crippen LogP contribution < -0.4 is 0 Å². The van der Waals surface area contributed by atoms with Crippen LogP contribution in [0.3, 0.4) is 0 Å². The van der Waals surface area contributed by atoms with Gasteiger partial charge in [0.15, 0.2) is 5.84 Å². The van der Waals surface area contributed by atoms with E-state index in [2.05, 4.69) is 4.40 Å². The Labute approximate surface area is 168 Å². The number of likely N-dealkylation sites (tertiary alicyclic amines) is 1. The van der Waals surface area contributed by atoms with Gasteiger partial charge in [-0.15, -0.1) is 4.40 Å². The summed E-state index contributed by atoms with van der Waals surface area (Å²) in [6.07, 6.45) is 2.31. The molecule has 4 rings (SSSR count). The fraction of sp³-hybridized carbons (Fsp3) is 0.300. The first-order valence-electron chi connectivity index (χ1n) is 9.08. The number of amidine groups is 1. The van der Waals surface area contributed by atoms with Gasteiger partial charge in [0.2, 0.25) is 0 Å². The number of rotatable bonds is 3. The lowest BCUT2D eigenvalue weighted by atomic mass is 10.0. The summed E-state index contributed by atoms with van der Waals surface area (Å²) < 4.78 is 34.2. The fourth-order valence-corrected chi connectivity index (χ4v) is 4.99. The molecule has 1 saturated heterocycles. The minimum atomic E-state index is -3.74. The molecule has 0 unspecified atom stereocenters. The maximum atomic E-state index is 12.8. The minimum absolute atomic E-state index is 0.0736. The average Bonchev–Trinajstić information content (AvgIpc) is 2.98. The molecule has 1 atom stereocenters. The van der Waals surface area contributed by atoms with Crippen LogP contribution in [0, 0.1) is 0 Å². The number of hydrogen-bond acceptors (Lipinski definition) is 5. The van der Waals surface area contributed by atoms with Crippen LogP contribution in [-0.2, 0) is 26.2 Å². The lowest BCUT2D eigenvalue weighted by Gasteiger charge is -2.35. The highest BCUT2D eigenvalue weighted by atomic mass is 35.5. The molecule has 2 heterocycles. The molecule has 2 aliphatic heterocycles. The summed E-state index contributed by atoms with van der Waals surface area (Å²) >= 11 is 6.13. The van der Waals surface area contributed by atoms with Crippen molar-refractivity contribution in [3.05, 3.63) is 64.7 Å². The van der Waals surface area contributed by atoms with E-state index in [-0.39, 0.29) is 11.5 Å². The summed E-state index contributed by atoms with van der Waals surface area (Å²) in [5.74, 6) is -0.0703. The van der Waals surface area contributed by atoms with E-state index in [9.17, 15) is 13.2 Å². The highest BCUT2D eigenvalue weighted by Gasteiger charge is 2.38. The topological polar surface area (TPSA) is 76.0 Å². The van der Waals surface area contributed by atoms with Crippen molar-refractivity contribution in [2.75, 3.05) is 6.54 Å². The molecule has 0 bridgehead atoms. The number of fused-ring (bicyclic) bond motifs is 1. The third kappa shape index (κ3) is 3.52. The van der Waals surface area contributed by atoms with Gasteiger partial charge < -0.3 is 9.64 Å². The minimum Gasteiger partial charge on any atom is -0.459 e. The summed E-state index contributed by atoms with van der Waals surface area (Å²) in [4.78, 5) is 14.8. The molecule has 146 valence electrons. The van der Waals surface area contributed by atoms with Crippen LogP contribution in [0.1, 0.15) is 30.4 Å². The highest BCUT2D eigenvalue weighted by Crippen LogP contribution is 2.31. The van der Waals surface area contributed by atoms with Crippen molar-refractivity contribution in [1.82, 2.24) is 4.90 Å². The van der Waals surface area contributed by atoms with E-state index in [1.807, 2.05) is 12.1 Å². The lowest BCUT2D eigenvalue weighted by Crippen LogP contribution is -2.48. The second-order valence-electron chi connectivity index (χ2n) is 6.79. The number of carbonyl (C=O) groups is 1. The van der Waals surface area contributed by atoms with Crippen molar-refractivity contribution < 1.29 is 17.9 Å². The maximum absolute atomic E-state index is 12.8. The van der Waals surface area contributed by atoms with E-state index in [1.54, 1.807) is 35.2 Å². The number of esters is 1. The molecule has 0 radical (unpaired) electrons. The largest absolute Gasteiger partial charge is 0.459 e. The van der Waals surface area contributed by atoms with Crippen LogP contribution >= 0.6 is 11.6 Å². The Bertz CT molecular complexity index is 1050. The Hall–Kier alpha value is -2.38. The van der Waals surface area contributed by atoms with Gasteiger partial charge in [-0.05, 0) is 37.5 Å². The molecule has 0 saturated carbocycles. The van der Waals surface area contributed by atoms with Crippen molar-refractivity contribution in [2.24, 2.45) is 4.40 Å². The number of piperidine rings is 1. The summed E-state index contributed by atoms with van der Waals surface area (Å²) in [6.45, 7) is 0.624. The first kappa shape index (κ1) is 19.0.